The number of halogens is 2. The second kappa shape index (κ2) is 6.86. The molecule has 0 amide bonds. The molecular weight excluding hydrogens is 336 g/mol. The van der Waals surface area contributed by atoms with E-state index in [-0.39, 0.29) is 0 Å². The zero-order chi connectivity index (χ0) is 12.0. The fourth-order valence-corrected chi connectivity index (χ4v) is 2.58. The highest BCUT2D eigenvalue weighted by Crippen LogP contribution is 2.33. The lowest BCUT2D eigenvalue weighted by molar-refractivity contribution is -0.104. The molecule has 0 atom stereocenters. The Morgan fingerprint density at radius 2 is 2.12 bits per heavy atom. The molecule has 0 heterocycles. The van der Waals surface area contributed by atoms with Gasteiger partial charge in [0.25, 0.3) is 0 Å². The van der Waals surface area contributed by atoms with Gasteiger partial charge in [0.05, 0.1) is 11.1 Å². The van der Waals surface area contributed by atoms with Gasteiger partial charge in [0.1, 0.15) is 12.0 Å². The van der Waals surface area contributed by atoms with Gasteiger partial charge in [-0.15, -0.1) is 0 Å². The topological polar surface area (TPSA) is 26.3 Å². The molecule has 2 nitrogen and oxygen atoms in total. The van der Waals surface area contributed by atoms with Crippen LogP contribution in [0.1, 0.15) is 18.9 Å². The summed E-state index contributed by atoms with van der Waals surface area (Å²) < 4.78 is 7.45. The van der Waals surface area contributed by atoms with Crippen molar-refractivity contribution in [1.82, 2.24) is 0 Å². The smallest absolute Gasteiger partial charge is 0.142 e. The van der Waals surface area contributed by atoms with Gasteiger partial charge in [-0.25, -0.2) is 0 Å². The van der Waals surface area contributed by atoms with Crippen molar-refractivity contribution in [3.63, 3.8) is 0 Å². The summed E-state index contributed by atoms with van der Waals surface area (Å²) in [5.74, 6) is 0.767. The molecule has 0 N–H and O–H groups in total. The van der Waals surface area contributed by atoms with Crippen molar-refractivity contribution in [2.75, 3.05) is 6.61 Å². The van der Waals surface area contributed by atoms with Gasteiger partial charge in [-0.2, -0.15) is 0 Å². The average molecular weight is 348 g/mol. The fourth-order valence-electron chi connectivity index (χ4n) is 1.20. The number of rotatable bonds is 5. The summed E-state index contributed by atoms with van der Waals surface area (Å²) >= 11 is 6.84. The lowest BCUT2D eigenvalue weighted by atomic mass is 10.2. The molecule has 4 heteroatoms. The summed E-state index contributed by atoms with van der Waals surface area (Å²) in [6.45, 7) is 2.70. The first-order valence-electron chi connectivity index (χ1n) is 4.92. The first-order valence-corrected chi connectivity index (χ1v) is 6.51. The van der Waals surface area contributed by atoms with Crippen LogP contribution in [0.25, 0.3) is 6.08 Å². The van der Waals surface area contributed by atoms with Crippen LogP contribution in [-0.4, -0.2) is 12.9 Å². The molecule has 0 spiro atoms. The van der Waals surface area contributed by atoms with Crippen molar-refractivity contribution in [2.45, 2.75) is 13.3 Å². The van der Waals surface area contributed by atoms with E-state index in [1.165, 1.54) is 6.08 Å². The van der Waals surface area contributed by atoms with Crippen LogP contribution >= 0.6 is 31.9 Å². The molecule has 0 aliphatic carbocycles. The van der Waals surface area contributed by atoms with Crippen LogP contribution in [0, 0.1) is 0 Å². The number of allylic oxidation sites excluding steroid dienone is 1. The van der Waals surface area contributed by atoms with Crippen molar-refractivity contribution in [1.29, 1.82) is 0 Å². The Kier molecular flexibility index (Phi) is 5.77. The number of ether oxygens (including phenoxy) is 1. The van der Waals surface area contributed by atoms with Crippen molar-refractivity contribution in [3.8, 4) is 5.75 Å². The summed E-state index contributed by atoms with van der Waals surface area (Å²) in [5.41, 5.74) is 0.877. The minimum atomic E-state index is 0.655. The third-order valence-corrected chi connectivity index (χ3v) is 2.89. The van der Waals surface area contributed by atoms with E-state index in [9.17, 15) is 4.79 Å². The molecule has 0 fully saturated rings. The average Bonchev–Trinajstić information content (AvgIpc) is 2.24. The molecule has 16 heavy (non-hydrogen) atoms. The highest BCUT2D eigenvalue weighted by Gasteiger charge is 2.07. The minimum Gasteiger partial charge on any atom is -0.492 e. The van der Waals surface area contributed by atoms with Crippen LogP contribution in [0.15, 0.2) is 27.2 Å². The van der Waals surface area contributed by atoms with Crippen LogP contribution in [0.3, 0.4) is 0 Å². The van der Waals surface area contributed by atoms with Crippen molar-refractivity contribution < 1.29 is 9.53 Å². The molecule has 0 saturated heterocycles. The Balaban J connectivity index is 3.09. The number of benzene rings is 1. The molecule has 1 aromatic carbocycles. The van der Waals surface area contributed by atoms with Gasteiger partial charge in [0.2, 0.25) is 0 Å². The largest absolute Gasteiger partial charge is 0.492 e. The summed E-state index contributed by atoms with van der Waals surface area (Å²) in [6, 6.07) is 3.83. The Labute approximate surface area is 112 Å². The Morgan fingerprint density at radius 3 is 2.75 bits per heavy atom. The first kappa shape index (κ1) is 13.5. The van der Waals surface area contributed by atoms with Gasteiger partial charge in [0.15, 0.2) is 0 Å². The maximum absolute atomic E-state index is 10.3. The maximum atomic E-state index is 10.3. The van der Waals surface area contributed by atoms with Crippen LogP contribution in [0.5, 0.6) is 5.75 Å². The van der Waals surface area contributed by atoms with E-state index in [1.54, 1.807) is 6.08 Å². The number of hydrogen-bond acceptors (Lipinski definition) is 2. The Bertz CT molecular complexity index is 400. The summed E-state index contributed by atoms with van der Waals surface area (Å²) in [4.78, 5) is 10.3. The molecule has 0 aliphatic rings. The Hall–Kier alpha value is -0.610. The fraction of sp³-hybridized carbons (Fsp3) is 0.250. The zero-order valence-corrected chi connectivity index (χ0v) is 12.0. The van der Waals surface area contributed by atoms with Gasteiger partial charge >= 0.3 is 0 Å². The van der Waals surface area contributed by atoms with E-state index in [1.807, 2.05) is 19.1 Å². The summed E-state index contributed by atoms with van der Waals surface area (Å²) in [5, 5.41) is 0. The zero-order valence-electron chi connectivity index (χ0n) is 8.87. The normalized spacial score (nSPS) is 10.7. The summed E-state index contributed by atoms with van der Waals surface area (Å²) in [7, 11) is 0. The minimum absolute atomic E-state index is 0.655. The van der Waals surface area contributed by atoms with E-state index >= 15 is 0 Å². The predicted octanol–water partition coefficient (Wildman–Crippen LogP) is 4.21. The third-order valence-electron chi connectivity index (χ3n) is 1.84. The molecule has 1 aromatic rings. The van der Waals surface area contributed by atoms with Crippen molar-refractivity contribution >= 4 is 44.2 Å². The van der Waals surface area contributed by atoms with Crippen molar-refractivity contribution in [3.05, 3.63) is 32.7 Å². The molecule has 1 rings (SSSR count). The van der Waals surface area contributed by atoms with Gasteiger partial charge in [-0.3, -0.25) is 4.79 Å². The van der Waals surface area contributed by atoms with Crippen LogP contribution in [-0.2, 0) is 4.79 Å². The molecule has 0 aliphatic heterocycles. The van der Waals surface area contributed by atoms with Gasteiger partial charge < -0.3 is 4.74 Å². The molecule has 86 valence electrons. The molecular formula is C12H12Br2O2. The second-order valence-corrected chi connectivity index (χ2v) is 4.92. The lowest BCUT2D eigenvalue weighted by Crippen LogP contribution is -1.98. The van der Waals surface area contributed by atoms with E-state index in [2.05, 4.69) is 31.9 Å². The first-order chi connectivity index (χ1) is 7.69. The van der Waals surface area contributed by atoms with Crippen molar-refractivity contribution in [2.24, 2.45) is 0 Å². The predicted molar refractivity (Wildman–Crippen MR) is 72.7 cm³/mol. The lowest BCUT2D eigenvalue weighted by Gasteiger charge is -2.11. The van der Waals surface area contributed by atoms with Gasteiger partial charge in [0, 0.05) is 10.0 Å². The van der Waals surface area contributed by atoms with E-state index < -0.39 is 0 Å². The number of hydrogen-bond donors (Lipinski definition) is 0. The molecule has 0 radical (unpaired) electrons. The molecule has 0 aromatic heterocycles. The second-order valence-electron chi connectivity index (χ2n) is 3.15. The van der Waals surface area contributed by atoms with E-state index in [4.69, 9.17) is 4.74 Å². The molecule has 0 saturated carbocycles. The quantitative estimate of drug-likeness (QED) is 0.589. The summed E-state index contributed by atoms with van der Waals surface area (Å²) in [6.07, 6.45) is 4.87. The number of aldehydes is 1. The van der Waals surface area contributed by atoms with Crippen LogP contribution in [0.2, 0.25) is 0 Å². The van der Waals surface area contributed by atoms with Crippen LogP contribution < -0.4 is 4.74 Å². The van der Waals surface area contributed by atoms with Crippen LogP contribution in [0.4, 0.5) is 0 Å². The number of carbonyl (C=O) groups excluding carboxylic acids is 1. The van der Waals surface area contributed by atoms with E-state index in [0.717, 1.165) is 33.0 Å². The monoisotopic (exact) mass is 346 g/mol. The third kappa shape index (κ3) is 3.76. The number of carbonyl (C=O) groups is 1. The standard InChI is InChI=1S/C12H12Br2O2/c1-2-6-16-12-9(4-3-5-15)7-10(13)8-11(12)14/h3-5,7-8H,2,6H2,1H3. The highest BCUT2D eigenvalue weighted by atomic mass is 79.9. The molecule has 0 unspecified atom stereocenters. The highest BCUT2D eigenvalue weighted by molar-refractivity contribution is 9.11. The molecule has 0 bridgehead atoms. The Morgan fingerprint density at radius 1 is 1.38 bits per heavy atom. The van der Waals surface area contributed by atoms with Gasteiger partial charge in [-0.05, 0) is 46.6 Å². The van der Waals surface area contributed by atoms with Gasteiger partial charge in [-0.1, -0.05) is 22.9 Å². The maximum Gasteiger partial charge on any atom is 0.142 e. The van der Waals surface area contributed by atoms with E-state index in [0.29, 0.717) is 6.61 Å². The SMILES string of the molecule is CCCOc1c(Br)cc(Br)cc1C=CC=O.